The highest BCUT2D eigenvalue weighted by atomic mass is 32.1. The van der Waals surface area contributed by atoms with E-state index in [9.17, 15) is 9.59 Å². The summed E-state index contributed by atoms with van der Waals surface area (Å²) in [5, 5.41) is 10.3. The highest BCUT2D eigenvalue weighted by Gasteiger charge is 2.16. The van der Waals surface area contributed by atoms with Gasteiger partial charge in [0.1, 0.15) is 11.6 Å². The third kappa shape index (κ3) is 4.43. The number of aromatic nitrogens is 3. The highest BCUT2D eigenvalue weighted by Crippen LogP contribution is 2.24. The van der Waals surface area contributed by atoms with Crippen molar-refractivity contribution in [2.75, 3.05) is 27.2 Å². The number of hydrogen-bond acceptors (Lipinski definition) is 8. The second-order valence-electron chi connectivity index (χ2n) is 7.39. The van der Waals surface area contributed by atoms with Crippen molar-refractivity contribution in [1.29, 1.82) is 0 Å². The van der Waals surface area contributed by atoms with Crippen LogP contribution in [-0.2, 0) is 22.5 Å². The summed E-state index contributed by atoms with van der Waals surface area (Å²) in [5.41, 5.74) is 2.44. The van der Waals surface area contributed by atoms with Gasteiger partial charge in [-0.1, -0.05) is 6.07 Å². The number of thiophene rings is 1. The quantitative estimate of drug-likeness (QED) is 0.410. The molecule has 0 aliphatic heterocycles. The molecule has 3 heterocycles. The summed E-state index contributed by atoms with van der Waals surface area (Å²) in [6, 6.07) is 6.12. The number of thiazole rings is 1. The summed E-state index contributed by atoms with van der Waals surface area (Å²) in [6.07, 6.45) is 0.0278. The molecule has 156 valence electrons. The molecule has 30 heavy (non-hydrogen) atoms. The van der Waals surface area contributed by atoms with Crippen LogP contribution in [0, 0.1) is 6.92 Å². The Hall–Kier alpha value is -2.62. The van der Waals surface area contributed by atoms with Gasteiger partial charge >= 0.3 is 5.97 Å². The molecule has 7 nitrogen and oxygen atoms in total. The van der Waals surface area contributed by atoms with Crippen molar-refractivity contribution in [3.63, 3.8) is 0 Å². The molecule has 0 radical (unpaired) electrons. The second-order valence-corrected chi connectivity index (χ2v) is 9.25. The van der Waals surface area contributed by atoms with E-state index in [-0.39, 0.29) is 24.5 Å². The van der Waals surface area contributed by atoms with Gasteiger partial charge in [0.15, 0.2) is 0 Å². The summed E-state index contributed by atoms with van der Waals surface area (Å²) in [5.74, 6) is -0.350. The van der Waals surface area contributed by atoms with E-state index < -0.39 is 0 Å². The minimum atomic E-state index is -0.350. The van der Waals surface area contributed by atoms with Crippen LogP contribution in [0.1, 0.15) is 16.3 Å². The molecule has 0 fully saturated rings. The van der Waals surface area contributed by atoms with E-state index in [0.717, 1.165) is 20.8 Å². The number of likely N-dealkylation sites (N-methyl/N-ethyl adjacent to an activating group) is 1. The van der Waals surface area contributed by atoms with Crippen molar-refractivity contribution in [2.45, 2.75) is 19.9 Å². The first-order chi connectivity index (χ1) is 14.4. The number of fused-ring (bicyclic) bond motifs is 2. The third-order valence-corrected chi connectivity index (χ3v) is 6.43. The SMILES string of the molecule is Cc1ccc2sc(Cn3nc(CC(=O)OCCN(C)C)c4cscc4c3=O)nc2c1. The minimum Gasteiger partial charge on any atom is -0.464 e. The molecule has 3 aromatic heterocycles. The molecule has 0 spiro atoms. The van der Waals surface area contributed by atoms with Crippen LogP contribution in [0.2, 0.25) is 0 Å². The van der Waals surface area contributed by atoms with Gasteiger partial charge in [-0.15, -0.1) is 11.3 Å². The van der Waals surface area contributed by atoms with Crippen LogP contribution in [0.25, 0.3) is 21.0 Å². The number of nitrogens with zero attached hydrogens (tertiary/aromatic N) is 4. The monoisotopic (exact) mass is 442 g/mol. The van der Waals surface area contributed by atoms with Crippen LogP contribution < -0.4 is 5.56 Å². The minimum absolute atomic E-state index is 0.0278. The predicted molar refractivity (Wildman–Crippen MR) is 121 cm³/mol. The van der Waals surface area contributed by atoms with Crippen molar-refractivity contribution in [1.82, 2.24) is 19.7 Å². The molecular formula is C21H22N4O3S2. The Balaban J connectivity index is 1.62. The Labute approximate surface area is 181 Å². The largest absolute Gasteiger partial charge is 0.464 e. The van der Waals surface area contributed by atoms with E-state index >= 15 is 0 Å². The fraction of sp³-hybridized carbons (Fsp3) is 0.333. The Kier molecular flexibility index (Phi) is 5.94. The van der Waals surface area contributed by atoms with Gasteiger partial charge in [-0.25, -0.2) is 9.67 Å². The molecule has 0 atom stereocenters. The van der Waals surface area contributed by atoms with E-state index in [1.807, 2.05) is 49.5 Å². The fourth-order valence-corrected chi connectivity index (χ4v) is 4.88. The lowest BCUT2D eigenvalue weighted by atomic mass is 10.2. The van der Waals surface area contributed by atoms with Gasteiger partial charge < -0.3 is 9.64 Å². The molecule has 0 saturated heterocycles. The maximum absolute atomic E-state index is 12.9. The number of rotatable bonds is 7. The average molecular weight is 443 g/mol. The standard InChI is InChI=1S/C21H22N4O3S2/c1-13-4-5-18-17(8-13)22-19(30-18)10-25-21(27)15-12-29-11-14(15)16(23-25)9-20(26)28-7-6-24(2)3/h4-5,8,11-12H,6-7,9-10H2,1-3H3. The Morgan fingerprint density at radius 1 is 1.23 bits per heavy atom. The van der Waals surface area contributed by atoms with Gasteiger partial charge in [-0.05, 0) is 38.7 Å². The highest BCUT2D eigenvalue weighted by molar-refractivity contribution is 7.18. The maximum Gasteiger partial charge on any atom is 0.312 e. The number of carbonyl (C=O) groups is 1. The molecule has 0 bridgehead atoms. The lowest BCUT2D eigenvalue weighted by Gasteiger charge is -2.11. The van der Waals surface area contributed by atoms with Crippen LogP contribution >= 0.6 is 22.7 Å². The van der Waals surface area contributed by atoms with Gasteiger partial charge in [0.2, 0.25) is 0 Å². The van der Waals surface area contributed by atoms with Gasteiger partial charge in [0, 0.05) is 22.7 Å². The zero-order valence-electron chi connectivity index (χ0n) is 17.0. The van der Waals surface area contributed by atoms with E-state index in [2.05, 4.69) is 10.1 Å². The van der Waals surface area contributed by atoms with Crippen molar-refractivity contribution in [3.8, 4) is 0 Å². The first-order valence-corrected chi connectivity index (χ1v) is 11.3. The van der Waals surface area contributed by atoms with Gasteiger partial charge in [-0.2, -0.15) is 16.4 Å². The molecule has 0 unspecified atom stereocenters. The van der Waals surface area contributed by atoms with Crippen LogP contribution in [-0.4, -0.2) is 52.9 Å². The smallest absolute Gasteiger partial charge is 0.312 e. The lowest BCUT2D eigenvalue weighted by molar-refractivity contribution is -0.143. The van der Waals surface area contributed by atoms with Crippen molar-refractivity contribution in [2.24, 2.45) is 0 Å². The molecule has 4 aromatic rings. The number of aryl methyl sites for hydroxylation is 1. The molecule has 0 N–H and O–H groups in total. The lowest BCUT2D eigenvalue weighted by Crippen LogP contribution is -2.26. The molecule has 0 saturated carbocycles. The van der Waals surface area contributed by atoms with Gasteiger partial charge in [-0.3, -0.25) is 9.59 Å². The Bertz CT molecular complexity index is 1270. The molecule has 4 rings (SSSR count). The fourth-order valence-electron chi connectivity index (χ4n) is 3.12. The molecule has 0 aliphatic rings. The number of ether oxygens (including phenoxy) is 1. The maximum atomic E-state index is 12.9. The van der Waals surface area contributed by atoms with Crippen LogP contribution in [0.4, 0.5) is 0 Å². The number of esters is 1. The van der Waals surface area contributed by atoms with Crippen molar-refractivity contribution >= 4 is 49.6 Å². The first-order valence-electron chi connectivity index (χ1n) is 9.53. The van der Waals surface area contributed by atoms with E-state index in [1.54, 1.807) is 16.7 Å². The third-order valence-electron chi connectivity index (χ3n) is 4.66. The molecular weight excluding hydrogens is 420 g/mol. The van der Waals surface area contributed by atoms with E-state index in [1.165, 1.54) is 16.0 Å². The Morgan fingerprint density at radius 3 is 2.83 bits per heavy atom. The number of carbonyl (C=O) groups excluding carboxylic acids is 1. The van der Waals surface area contributed by atoms with E-state index in [0.29, 0.717) is 29.6 Å². The van der Waals surface area contributed by atoms with Crippen molar-refractivity contribution in [3.05, 3.63) is 55.6 Å². The molecule has 1 aromatic carbocycles. The zero-order chi connectivity index (χ0) is 21.3. The van der Waals surface area contributed by atoms with E-state index in [4.69, 9.17) is 4.74 Å². The summed E-state index contributed by atoms with van der Waals surface area (Å²) in [6.45, 7) is 3.28. The Morgan fingerprint density at radius 2 is 2.03 bits per heavy atom. The second kappa shape index (κ2) is 8.63. The zero-order valence-corrected chi connectivity index (χ0v) is 18.7. The summed E-state index contributed by atoms with van der Waals surface area (Å²) < 4.78 is 7.79. The summed E-state index contributed by atoms with van der Waals surface area (Å²) in [7, 11) is 3.84. The van der Waals surface area contributed by atoms with Crippen LogP contribution in [0.5, 0.6) is 0 Å². The molecule has 0 aliphatic carbocycles. The average Bonchev–Trinajstić information content (AvgIpc) is 3.31. The topological polar surface area (TPSA) is 77.3 Å². The van der Waals surface area contributed by atoms with Crippen LogP contribution in [0.3, 0.4) is 0 Å². The van der Waals surface area contributed by atoms with Gasteiger partial charge in [0.25, 0.3) is 5.56 Å². The van der Waals surface area contributed by atoms with Crippen LogP contribution in [0.15, 0.2) is 33.8 Å². The molecule has 9 heteroatoms. The van der Waals surface area contributed by atoms with Crippen molar-refractivity contribution < 1.29 is 9.53 Å². The molecule has 0 amide bonds. The number of benzene rings is 1. The predicted octanol–water partition coefficient (Wildman–Crippen LogP) is 3.07. The normalized spacial score (nSPS) is 11.6. The summed E-state index contributed by atoms with van der Waals surface area (Å²) in [4.78, 5) is 31.8. The number of hydrogen-bond donors (Lipinski definition) is 0. The van der Waals surface area contributed by atoms with Gasteiger partial charge in [0.05, 0.1) is 34.3 Å². The first kappa shape index (κ1) is 20.6. The summed E-state index contributed by atoms with van der Waals surface area (Å²) >= 11 is 2.97.